The van der Waals surface area contributed by atoms with E-state index in [1.165, 1.54) is 29.5 Å². The van der Waals surface area contributed by atoms with Gasteiger partial charge in [0.15, 0.2) is 5.17 Å². The van der Waals surface area contributed by atoms with Crippen LogP contribution in [0, 0.1) is 13.8 Å². The molecule has 0 saturated carbocycles. The van der Waals surface area contributed by atoms with Gasteiger partial charge < -0.3 is 15.2 Å². The fraction of sp³-hybridized carbons (Fsp3) is 0.115. The Morgan fingerprint density at radius 1 is 1.06 bits per heavy atom. The van der Waals surface area contributed by atoms with E-state index in [-0.39, 0.29) is 11.5 Å². The number of nitrogens with one attached hydrogen (secondary N) is 1. The Morgan fingerprint density at radius 3 is 2.48 bits per heavy atom. The second kappa shape index (κ2) is 9.75. The topological polar surface area (TPSA) is 88.0 Å². The van der Waals surface area contributed by atoms with Crippen LogP contribution in [0.1, 0.15) is 32.6 Å². The van der Waals surface area contributed by atoms with Crippen LogP contribution in [-0.4, -0.2) is 22.2 Å². The quantitative estimate of drug-likeness (QED) is 0.478. The highest BCUT2D eigenvalue weighted by molar-refractivity contribution is 8.18. The number of hydrogen-bond acceptors (Lipinski definition) is 5. The van der Waals surface area contributed by atoms with Gasteiger partial charge in [0, 0.05) is 0 Å². The molecule has 166 valence electrons. The van der Waals surface area contributed by atoms with E-state index in [0.717, 1.165) is 22.4 Å². The number of aliphatic imine (C=N–C) groups is 1. The Bertz CT molecular complexity index is 1260. The minimum atomic E-state index is -1.02. The van der Waals surface area contributed by atoms with Gasteiger partial charge in [-0.2, -0.15) is 0 Å². The van der Waals surface area contributed by atoms with Crippen LogP contribution in [0.2, 0.25) is 0 Å². The maximum atomic E-state index is 12.4. The van der Waals surface area contributed by atoms with Gasteiger partial charge in [0.2, 0.25) is 0 Å². The van der Waals surface area contributed by atoms with Gasteiger partial charge in [0.1, 0.15) is 12.4 Å². The van der Waals surface area contributed by atoms with E-state index >= 15 is 0 Å². The summed E-state index contributed by atoms with van der Waals surface area (Å²) >= 11 is 1.22. The summed E-state index contributed by atoms with van der Waals surface area (Å²) < 4.78 is 5.83. The van der Waals surface area contributed by atoms with Crippen molar-refractivity contribution in [3.8, 4) is 5.75 Å². The van der Waals surface area contributed by atoms with Gasteiger partial charge in [0.05, 0.1) is 16.2 Å². The molecule has 6 nitrogen and oxygen atoms in total. The molecule has 0 atom stereocenters. The van der Waals surface area contributed by atoms with Crippen LogP contribution in [0.25, 0.3) is 6.08 Å². The fourth-order valence-electron chi connectivity index (χ4n) is 3.12. The molecule has 0 spiro atoms. The van der Waals surface area contributed by atoms with Gasteiger partial charge in [0.25, 0.3) is 5.91 Å². The predicted molar refractivity (Wildman–Crippen MR) is 131 cm³/mol. The van der Waals surface area contributed by atoms with Gasteiger partial charge in [-0.25, -0.2) is 9.79 Å². The lowest BCUT2D eigenvalue weighted by Gasteiger charge is -2.07. The Kier molecular flexibility index (Phi) is 6.60. The first-order valence-corrected chi connectivity index (χ1v) is 11.1. The summed E-state index contributed by atoms with van der Waals surface area (Å²) in [6.45, 7) is 4.38. The molecule has 7 heteroatoms. The number of thioether (sulfide) groups is 1. The number of carbonyl (C=O) groups excluding carboxylic acids is 1. The lowest BCUT2D eigenvalue weighted by Crippen LogP contribution is -2.19. The normalized spacial score (nSPS) is 15.6. The first-order chi connectivity index (χ1) is 15.9. The number of ether oxygens (including phenoxy) is 1. The molecular weight excluding hydrogens is 436 g/mol. The van der Waals surface area contributed by atoms with Gasteiger partial charge in [-0.3, -0.25) is 4.79 Å². The minimum absolute atomic E-state index is 0.148. The molecule has 1 saturated heterocycles. The molecular formula is C26H22N2O4S. The Morgan fingerprint density at radius 2 is 1.79 bits per heavy atom. The van der Waals surface area contributed by atoms with Crippen molar-refractivity contribution in [2.75, 3.05) is 0 Å². The summed E-state index contributed by atoms with van der Waals surface area (Å²) in [4.78, 5) is 28.6. The molecule has 3 aromatic carbocycles. The van der Waals surface area contributed by atoms with Gasteiger partial charge in [-0.15, -0.1) is 0 Å². The molecule has 4 rings (SSSR count). The molecule has 33 heavy (non-hydrogen) atoms. The van der Waals surface area contributed by atoms with Crippen LogP contribution in [-0.2, 0) is 11.4 Å². The zero-order chi connectivity index (χ0) is 23.4. The van der Waals surface area contributed by atoms with E-state index in [2.05, 4.69) is 22.4 Å². The average Bonchev–Trinajstić information content (AvgIpc) is 3.14. The Balaban J connectivity index is 1.43. The number of amides is 1. The highest BCUT2D eigenvalue weighted by Gasteiger charge is 2.24. The van der Waals surface area contributed by atoms with Crippen molar-refractivity contribution >= 4 is 40.6 Å². The van der Waals surface area contributed by atoms with E-state index in [0.29, 0.717) is 22.4 Å². The summed E-state index contributed by atoms with van der Waals surface area (Å²) in [6, 6.07) is 20.4. The number of benzene rings is 3. The molecule has 0 bridgehead atoms. The van der Waals surface area contributed by atoms with E-state index in [1.807, 2.05) is 50.2 Å². The van der Waals surface area contributed by atoms with Gasteiger partial charge >= 0.3 is 5.97 Å². The van der Waals surface area contributed by atoms with Crippen molar-refractivity contribution in [1.29, 1.82) is 0 Å². The van der Waals surface area contributed by atoms with Crippen LogP contribution < -0.4 is 10.1 Å². The molecule has 1 heterocycles. The Labute approximate surface area is 196 Å². The summed E-state index contributed by atoms with van der Waals surface area (Å²) in [5.74, 6) is -0.519. The first-order valence-electron chi connectivity index (χ1n) is 10.3. The summed E-state index contributed by atoms with van der Waals surface area (Å²) in [5.41, 5.74) is 4.65. The minimum Gasteiger partial charge on any atom is -0.489 e. The first kappa shape index (κ1) is 22.4. The second-order valence-electron chi connectivity index (χ2n) is 7.63. The van der Waals surface area contributed by atoms with Crippen molar-refractivity contribution in [3.05, 3.63) is 99.5 Å². The predicted octanol–water partition coefficient (Wildman–Crippen LogP) is 5.47. The van der Waals surface area contributed by atoms with Crippen molar-refractivity contribution in [2.45, 2.75) is 20.5 Å². The number of aromatic carboxylic acids is 1. The zero-order valence-corrected chi connectivity index (χ0v) is 19.0. The molecule has 1 aliphatic rings. The summed E-state index contributed by atoms with van der Waals surface area (Å²) in [7, 11) is 0. The van der Waals surface area contributed by atoms with Crippen LogP contribution in [0.4, 0.5) is 5.69 Å². The fourth-order valence-corrected chi connectivity index (χ4v) is 3.95. The molecule has 0 aromatic heterocycles. The van der Waals surface area contributed by atoms with Crippen LogP contribution in [0.5, 0.6) is 5.75 Å². The van der Waals surface area contributed by atoms with E-state index in [1.54, 1.807) is 12.1 Å². The van der Waals surface area contributed by atoms with E-state index in [4.69, 9.17) is 4.74 Å². The SMILES string of the molecule is Cc1ccc(COc2ccc(C=C3SC(=Nc4cc(C(=O)O)ccc4C)NC3=O)cc2)cc1. The lowest BCUT2D eigenvalue weighted by atomic mass is 10.1. The number of aryl methyl sites for hydroxylation is 2. The molecule has 0 unspecified atom stereocenters. The number of hydrogen-bond donors (Lipinski definition) is 2. The van der Waals surface area contributed by atoms with Gasteiger partial charge in [-0.1, -0.05) is 48.0 Å². The smallest absolute Gasteiger partial charge is 0.335 e. The van der Waals surface area contributed by atoms with Gasteiger partial charge in [-0.05, 0) is 72.6 Å². The molecule has 0 aliphatic carbocycles. The standard InChI is InChI=1S/C26H22N2O4S/c1-16-3-6-19(7-4-16)15-32-21-11-8-18(9-12-21)13-23-24(29)28-26(33-23)27-22-14-20(25(30)31)10-5-17(22)2/h3-14H,15H2,1-2H3,(H,30,31)(H,27,28,29). The van der Waals surface area contributed by atoms with E-state index < -0.39 is 5.97 Å². The monoisotopic (exact) mass is 458 g/mol. The van der Waals surface area contributed by atoms with Crippen molar-refractivity contribution in [1.82, 2.24) is 5.32 Å². The average molecular weight is 459 g/mol. The third-order valence-corrected chi connectivity index (χ3v) is 5.94. The Hall–Kier alpha value is -3.84. The molecule has 1 amide bonds. The largest absolute Gasteiger partial charge is 0.489 e. The number of amidine groups is 1. The zero-order valence-electron chi connectivity index (χ0n) is 18.2. The molecule has 2 N–H and O–H groups in total. The highest BCUT2D eigenvalue weighted by Crippen LogP contribution is 2.30. The molecule has 3 aromatic rings. The number of carbonyl (C=O) groups is 2. The van der Waals surface area contributed by atoms with Crippen molar-refractivity contribution in [2.24, 2.45) is 4.99 Å². The third-order valence-electron chi connectivity index (χ3n) is 5.03. The third kappa shape index (κ3) is 5.70. The molecule has 1 fully saturated rings. The van der Waals surface area contributed by atoms with E-state index in [9.17, 15) is 14.7 Å². The maximum Gasteiger partial charge on any atom is 0.335 e. The summed E-state index contributed by atoms with van der Waals surface area (Å²) in [6.07, 6.45) is 1.78. The lowest BCUT2D eigenvalue weighted by molar-refractivity contribution is -0.115. The number of nitrogens with zero attached hydrogens (tertiary/aromatic N) is 1. The molecule has 1 aliphatic heterocycles. The second-order valence-corrected chi connectivity index (χ2v) is 8.66. The van der Waals surface area contributed by atoms with Crippen LogP contribution in [0.3, 0.4) is 0 Å². The number of rotatable bonds is 6. The summed E-state index contributed by atoms with van der Waals surface area (Å²) in [5, 5.41) is 12.3. The van der Waals surface area contributed by atoms with Crippen molar-refractivity contribution in [3.63, 3.8) is 0 Å². The number of carboxylic acid groups (broad SMARTS) is 1. The number of carboxylic acids is 1. The van der Waals surface area contributed by atoms with Crippen molar-refractivity contribution < 1.29 is 19.4 Å². The van der Waals surface area contributed by atoms with Crippen LogP contribution >= 0.6 is 11.8 Å². The molecule has 0 radical (unpaired) electrons. The highest BCUT2D eigenvalue weighted by atomic mass is 32.2. The van der Waals surface area contributed by atoms with Crippen LogP contribution in [0.15, 0.2) is 76.6 Å². The maximum absolute atomic E-state index is 12.4.